The molecule has 0 amide bonds. The van der Waals surface area contributed by atoms with Gasteiger partial charge in [-0.3, -0.25) is 9.80 Å². The predicted octanol–water partition coefficient (Wildman–Crippen LogP) is 0.894. The zero-order valence-corrected chi connectivity index (χ0v) is 10.2. The van der Waals surface area contributed by atoms with Crippen LogP contribution in [0.2, 0.25) is 0 Å². The monoisotopic (exact) mass is 211 g/mol. The van der Waals surface area contributed by atoms with Gasteiger partial charge in [0.05, 0.1) is 0 Å². The second-order valence-electron chi connectivity index (χ2n) is 5.31. The van der Waals surface area contributed by atoms with Crippen LogP contribution >= 0.6 is 0 Å². The zero-order chi connectivity index (χ0) is 10.9. The molecule has 1 aliphatic carbocycles. The number of rotatable bonds is 4. The van der Waals surface area contributed by atoms with Gasteiger partial charge < -0.3 is 5.73 Å². The fraction of sp³-hybridized carbons (Fsp3) is 1.00. The van der Waals surface area contributed by atoms with E-state index in [4.69, 9.17) is 5.73 Å². The molecule has 0 bridgehead atoms. The largest absolute Gasteiger partial charge is 0.329 e. The Morgan fingerprint density at radius 3 is 2.20 bits per heavy atom. The summed E-state index contributed by atoms with van der Waals surface area (Å²) in [5.74, 6) is 0. The maximum Gasteiger partial charge on any atom is 0.0302 e. The van der Waals surface area contributed by atoms with Crippen molar-refractivity contribution in [3.63, 3.8) is 0 Å². The molecule has 2 N–H and O–H groups in total. The third-order valence-corrected chi connectivity index (χ3v) is 4.34. The average Bonchev–Trinajstić information content (AvgIpc) is 3.12. The summed E-state index contributed by atoms with van der Waals surface area (Å²) in [5.41, 5.74) is 6.13. The molecule has 15 heavy (non-hydrogen) atoms. The van der Waals surface area contributed by atoms with Gasteiger partial charge in [0.2, 0.25) is 0 Å². The van der Waals surface area contributed by atoms with Crippen LogP contribution in [0.15, 0.2) is 0 Å². The highest BCUT2D eigenvalue weighted by atomic mass is 15.3. The molecular formula is C12H25N3. The Hall–Kier alpha value is -0.120. The molecule has 2 fully saturated rings. The molecule has 2 rings (SSSR count). The average molecular weight is 211 g/mol. The lowest BCUT2D eigenvalue weighted by Crippen LogP contribution is -2.58. The van der Waals surface area contributed by atoms with Crippen molar-refractivity contribution in [1.29, 1.82) is 0 Å². The number of piperazine rings is 1. The third kappa shape index (κ3) is 2.35. The predicted molar refractivity (Wildman–Crippen MR) is 63.9 cm³/mol. The normalized spacial score (nSPS) is 29.0. The summed E-state index contributed by atoms with van der Waals surface area (Å²) < 4.78 is 0. The number of hydrogen-bond acceptors (Lipinski definition) is 3. The lowest BCUT2D eigenvalue weighted by molar-refractivity contribution is 0.0413. The number of nitrogens with zero attached hydrogens (tertiary/aromatic N) is 2. The summed E-state index contributed by atoms with van der Waals surface area (Å²) >= 11 is 0. The van der Waals surface area contributed by atoms with Crippen LogP contribution in [0.3, 0.4) is 0 Å². The Balaban J connectivity index is 1.85. The van der Waals surface area contributed by atoms with E-state index < -0.39 is 0 Å². The molecule has 0 aromatic heterocycles. The van der Waals surface area contributed by atoms with Crippen molar-refractivity contribution in [3.8, 4) is 0 Å². The summed E-state index contributed by atoms with van der Waals surface area (Å²) in [6, 6.07) is 0.929. The highest BCUT2D eigenvalue weighted by Crippen LogP contribution is 2.29. The molecule has 0 spiro atoms. The maximum absolute atomic E-state index is 5.90. The fourth-order valence-electron chi connectivity index (χ4n) is 2.56. The molecule has 1 atom stereocenters. The lowest BCUT2D eigenvalue weighted by Gasteiger charge is -2.45. The summed E-state index contributed by atoms with van der Waals surface area (Å²) in [5, 5.41) is 0. The van der Waals surface area contributed by atoms with E-state index in [1.807, 2.05) is 0 Å². The zero-order valence-electron chi connectivity index (χ0n) is 10.2. The molecule has 3 nitrogen and oxygen atoms in total. The molecule has 0 aromatic carbocycles. The van der Waals surface area contributed by atoms with Gasteiger partial charge in [0.25, 0.3) is 0 Å². The van der Waals surface area contributed by atoms with Crippen molar-refractivity contribution >= 4 is 0 Å². The van der Waals surface area contributed by atoms with Crippen molar-refractivity contribution in [2.45, 2.75) is 44.7 Å². The Morgan fingerprint density at radius 1 is 1.20 bits per heavy atom. The van der Waals surface area contributed by atoms with Crippen LogP contribution in [0, 0.1) is 0 Å². The first-order valence-electron chi connectivity index (χ1n) is 6.39. The van der Waals surface area contributed by atoms with Crippen molar-refractivity contribution in [3.05, 3.63) is 0 Å². The van der Waals surface area contributed by atoms with Gasteiger partial charge in [0.1, 0.15) is 0 Å². The molecule has 0 aromatic rings. The molecule has 88 valence electrons. The first-order chi connectivity index (χ1) is 7.19. The van der Waals surface area contributed by atoms with Gasteiger partial charge in [0, 0.05) is 44.3 Å². The maximum atomic E-state index is 5.90. The van der Waals surface area contributed by atoms with Crippen LogP contribution in [-0.2, 0) is 0 Å². The third-order valence-electron chi connectivity index (χ3n) is 4.34. The minimum atomic E-state index is 0.232. The highest BCUT2D eigenvalue weighted by Gasteiger charge is 2.35. The molecule has 1 heterocycles. The molecular weight excluding hydrogens is 186 g/mol. The smallest absolute Gasteiger partial charge is 0.0302 e. The van der Waals surface area contributed by atoms with Crippen LogP contribution < -0.4 is 5.73 Å². The van der Waals surface area contributed by atoms with Gasteiger partial charge in [-0.25, -0.2) is 0 Å². The molecule has 1 unspecified atom stereocenters. The summed E-state index contributed by atoms with van der Waals surface area (Å²) in [7, 11) is 0. The van der Waals surface area contributed by atoms with Crippen LogP contribution in [0.1, 0.15) is 33.1 Å². The van der Waals surface area contributed by atoms with E-state index in [1.165, 1.54) is 39.0 Å². The van der Waals surface area contributed by atoms with E-state index in [0.717, 1.165) is 19.0 Å². The molecule has 1 aliphatic heterocycles. The highest BCUT2D eigenvalue weighted by molar-refractivity contribution is 4.93. The van der Waals surface area contributed by atoms with E-state index in [0.29, 0.717) is 0 Å². The van der Waals surface area contributed by atoms with E-state index in [-0.39, 0.29) is 5.54 Å². The Bertz CT molecular complexity index is 201. The minimum absolute atomic E-state index is 0.232. The fourth-order valence-corrected chi connectivity index (χ4v) is 2.56. The summed E-state index contributed by atoms with van der Waals surface area (Å²) in [6.07, 6.45) is 4.02. The summed E-state index contributed by atoms with van der Waals surface area (Å²) in [6.45, 7) is 10.3. The SMILES string of the molecule is CCC(C)(CN)N1CCN(C2CC2)CC1. The Morgan fingerprint density at radius 2 is 1.80 bits per heavy atom. The quantitative estimate of drug-likeness (QED) is 0.750. The second-order valence-corrected chi connectivity index (χ2v) is 5.31. The van der Waals surface area contributed by atoms with Crippen molar-refractivity contribution in [2.75, 3.05) is 32.7 Å². The van der Waals surface area contributed by atoms with E-state index >= 15 is 0 Å². The van der Waals surface area contributed by atoms with Gasteiger partial charge in [-0.15, -0.1) is 0 Å². The van der Waals surface area contributed by atoms with E-state index in [2.05, 4.69) is 23.6 Å². The molecule has 2 aliphatic rings. The van der Waals surface area contributed by atoms with Gasteiger partial charge in [-0.05, 0) is 26.2 Å². The topological polar surface area (TPSA) is 32.5 Å². The molecule has 1 saturated carbocycles. The van der Waals surface area contributed by atoms with Crippen molar-refractivity contribution in [1.82, 2.24) is 9.80 Å². The van der Waals surface area contributed by atoms with Crippen LogP contribution in [0.4, 0.5) is 0 Å². The summed E-state index contributed by atoms with van der Waals surface area (Å²) in [4.78, 5) is 5.25. The molecule has 3 heteroatoms. The second kappa shape index (κ2) is 4.40. The molecule has 0 radical (unpaired) electrons. The van der Waals surface area contributed by atoms with Gasteiger partial charge in [0.15, 0.2) is 0 Å². The van der Waals surface area contributed by atoms with Crippen molar-refractivity contribution < 1.29 is 0 Å². The van der Waals surface area contributed by atoms with Gasteiger partial charge in [-0.1, -0.05) is 6.92 Å². The van der Waals surface area contributed by atoms with Crippen molar-refractivity contribution in [2.24, 2.45) is 5.73 Å². The van der Waals surface area contributed by atoms with Crippen LogP contribution in [0.25, 0.3) is 0 Å². The Kier molecular flexibility index (Phi) is 3.33. The van der Waals surface area contributed by atoms with E-state index in [1.54, 1.807) is 0 Å². The minimum Gasteiger partial charge on any atom is -0.329 e. The number of hydrogen-bond donors (Lipinski definition) is 1. The first-order valence-corrected chi connectivity index (χ1v) is 6.39. The van der Waals surface area contributed by atoms with E-state index in [9.17, 15) is 0 Å². The number of nitrogens with two attached hydrogens (primary N) is 1. The van der Waals surface area contributed by atoms with Gasteiger partial charge >= 0.3 is 0 Å². The standard InChI is InChI=1S/C12H25N3/c1-3-12(2,10-13)15-8-6-14(7-9-15)11-4-5-11/h11H,3-10,13H2,1-2H3. The van der Waals surface area contributed by atoms with Gasteiger partial charge in [-0.2, -0.15) is 0 Å². The van der Waals surface area contributed by atoms with Crippen LogP contribution in [-0.4, -0.2) is 54.1 Å². The lowest BCUT2D eigenvalue weighted by atomic mass is 9.95. The molecule has 1 saturated heterocycles. The van der Waals surface area contributed by atoms with Crippen LogP contribution in [0.5, 0.6) is 0 Å². The Labute approximate surface area is 93.6 Å². The first kappa shape index (κ1) is 11.4.